The molecule has 1 aromatic rings. The summed E-state index contributed by atoms with van der Waals surface area (Å²) in [7, 11) is 0. The minimum absolute atomic E-state index is 0.127. The average molecular weight is 292 g/mol. The molecule has 1 heterocycles. The smallest absolute Gasteiger partial charge is 0.329 e. The van der Waals surface area contributed by atoms with Crippen LogP contribution in [0.15, 0.2) is 30.3 Å². The average Bonchev–Trinajstić information content (AvgIpc) is 2.50. The third kappa shape index (κ3) is 3.40. The zero-order valence-electron chi connectivity index (χ0n) is 11.7. The summed E-state index contributed by atoms with van der Waals surface area (Å²) in [6.45, 7) is 0.776. The molecular weight excluding hydrogens is 272 g/mol. The zero-order valence-corrected chi connectivity index (χ0v) is 11.7. The van der Waals surface area contributed by atoms with Crippen molar-refractivity contribution in [3.63, 3.8) is 0 Å². The second-order valence-electron chi connectivity index (χ2n) is 5.19. The van der Waals surface area contributed by atoms with Gasteiger partial charge < -0.3 is 20.9 Å². The summed E-state index contributed by atoms with van der Waals surface area (Å²) in [5, 5.41) is 12.1. The molecule has 1 atom stereocenters. The van der Waals surface area contributed by atoms with Crippen LogP contribution < -0.4 is 11.1 Å². The molecule has 1 aliphatic heterocycles. The zero-order chi connectivity index (χ0) is 15.3. The maximum Gasteiger partial charge on any atom is 0.329 e. The quantitative estimate of drug-likeness (QED) is 0.732. The summed E-state index contributed by atoms with van der Waals surface area (Å²) in [6, 6.07) is 9.13. The van der Waals surface area contributed by atoms with Gasteiger partial charge in [-0.2, -0.15) is 0 Å². The maximum absolute atomic E-state index is 12.5. The first-order valence-electron chi connectivity index (χ1n) is 6.97. The summed E-state index contributed by atoms with van der Waals surface area (Å²) < 4.78 is 5.19. The van der Waals surface area contributed by atoms with E-state index in [4.69, 9.17) is 10.5 Å². The van der Waals surface area contributed by atoms with E-state index in [2.05, 4.69) is 5.32 Å². The highest BCUT2D eigenvalue weighted by Gasteiger charge is 2.42. The fourth-order valence-electron chi connectivity index (χ4n) is 2.51. The molecule has 4 N–H and O–H groups in total. The molecule has 6 heteroatoms. The number of rotatable bonds is 5. The van der Waals surface area contributed by atoms with Crippen LogP contribution in [0.4, 0.5) is 0 Å². The first kappa shape index (κ1) is 15.5. The Kier molecular flexibility index (Phi) is 4.93. The van der Waals surface area contributed by atoms with Crippen LogP contribution in [-0.2, 0) is 14.3 Å². The molecule has 1 aliphatic rings. The molecule has 0 bridgehead atoms. The summed E-state index contributed by atoms with van der Waals surface area (Å²) >= 11 is 0. The van der Waals surface area contributed by atoms with Crippen molar-refractivity contribution in [1.29, 1.82) is 0 Å². The van der Waals surface area contributed by atoms with Gasteiger partial charge in [-0.15, -0.1) is 0 Å². The van der Waals surface area contributed by atoms with Gasteiger partial charge in [0.15, 0.2) is 0 Å². The molecule has 0 radical (unpaired) electrons. The summed E-state index contributed by atoms with van der Waals surface area (Å²) in [4.78, 5) is 24.0. The van der Waals surface area contributed by atoms with Crippen molar-refractivity contribution in [2.45, 2.75) is 24.3 Å². The molecule has 0 saturated carbocycles. The van der Waals surface area contributed by atoms with Gasteiger partial charge in [0.25, 0.3) is 0 Å². The second kappa shape index (κ2) is 6.69. The monoisotopic (exact) mass is 292 g/mol. The van der Waals surface area contributed by atoms with E-state index in [1.54, 1.807) is 0 Å². The van der Waals surface area contributed by atoms with Crippen molar-refractivity contribution in [2.75, 3.05) is 19.8 Å². The lowest BCUT2D eigenvalue weighted by Gasteiger charge is -2.35. The van der Waals surface area contributed by atoms with Crippen molar-refractivity contribution < 1.29 is 19.4 Å². The topological polar surface area (TPSA) is 102 Å². The van der Waals surface area contributed by atoms with E-state index >= 15 is 0 Å². The van der Waals surface area contributed by atoms with E-state index in [1.165, 1.54) is 0 Å². The predicted octanol–water partition coefficient (Wildman–Crippen LogP) is 0.479. The van der Waals surface area contributed by atoms with Crippen molar-refractivity contribution in [2.24, 2.45) is 5.73 Å². The highest BCUT2D eigenvalue weighted by atomic mass is 16.5. The highest BCUT2D eigenvalue weighted by Crippen LogP contribution is 2.23. The Morgan fingerprint density at radius 1 is 1.29 bits per heavy atom. The number of carboxylic acids is 1. The van der Waals surface area contributed by atoms with E-state index in [0.717, 1.165) is 5.56 Å². The second-order valence-corrected chi connectivity index (χ2v) is 5.19. The Bertz CT molecular complexity index is 498. The van der Waals surface area contributed by atoms with Gasteiger partial charge in [0.2, 0.25) is 5.91 Å². The molecule has 0 aromatic heterocycles. The predicted molar refractivity (Wildman–Crippen MR) is 76.8 cm³/mol. The Morgan fingerprint density at radius 2 is 1.90 bits per heavy atom. The number of ether oxygens (including phenoxy) is 1. The normalized spacial score (nSPS) is 18.7. The van der Waals surface area contributed by atoms with Crippen LogP contribution in [0.3, 0.4) is 0 Å². The molecule has 0 spiro atoms. The van der Waals surface area contributed by atoms with Gasteiger partial charge in [0.05, 0.1) is 5.92 Å². The molecular formula is C15H20N2O4. The van der Waals surface area contributed by atoms with Crippen LogP contribution >= 0.6 is 0 Å². The number of hydrogen-bond donors (Lipinski definition) is 3. The van der Waals surface area contributed by atoms with Gasteiger partial charge in [-0.05, 0) is 5.56 Å². The molecule has 21 heavy (non-hydrogen) atoms. The number of amides is 1. The number of nitrogens with two attached hydrogens (primary N) is 1. The van der Waals surface area contributed by atoms with E-state index < -0.39 is 17.4 Å². The Labute approximate surface area is 123 Å². The van der Waals surface area contributed by atoms with Gasteiger partial charge in [-0.1, -0.05) is 30.3 Å². The van der Waals surface area contributed by atoms with Gasteiger partial charge in [-0.25, -0.2) is 4.79 Å². The minimum atomic E-state index is -1.25. The van der Waals surface area contributed by atoms with E-state index in [1.807, 2.05) is 30.3 Å². The molecule has 1 aromatic carbocycles. The summed E-state index contributed by atoms with van der Waals surface area (Å²) in [5.41, 5.74) is 5.23. The Morgan fingerprint density at radius 3 is 2.43 bits per heavy atom. The van der Waals surface area contributed by atoms with Gasteiger partial charge in [0, 0.05) is 32.6 Å². The molecule has 1 fully saturated rings. The summed E-state index contributed by atoms with van der Waals surface area (Å²) in [5.74, 6) is -1.93. The number of carbonyl (C=O) groups is 2. The molecule has 114 valence electrons. The fourth-order valence-corrected chi connectivity index (χ4v) is 2.51. The summed E-state index contributed by atoms with van der Waals surface area (Å²) in [6.07, 6.45) is 0.528. The number of carbonyl (C=O) groups excluding carboxylic acids is 1. The Balaban J connectivity index is 2.16. The van der Waals surface area contributed by atoms with Crippen LogP contribution in [0.25, 0.3) is 0 Å². The van der Waals surface area contributed by atoms with Gasteiger partial charge in [-0.3, -0.25) is 4.79 Å². The molecule has 1 saturated heterocycles. The SMILES string of the molecule is NCC(C(=O)NC1(C(=O)O)CCOCC1)c1ccccc1. The first-order valence-corrected chi connectivity index (χ1v) is 6.97. The molecule has 2 rings (SSSR count). The van der Waals surface area contributed by atoms with Crippen LogP contribution in [-0.4, -0.2) is 42.3 Å². The van der Waals surface area contributed by atoms with E-state index in [9.17, 15) is 14.7 Å². The first-order chi connectivity index (χ1) is 10.1. The number of carboxylic acid groups (broad SMARTS) is 1. The van der Waals surface area contributed by atoms with E-state index in [0.29, 0.717) is 13.2 Å². The maximum atomic E-state index is 12.5. The molecule has 0 aliphatic carbocycles. The lowest BCUT2D eigenvalue weighted by atomic mass is 9.88. The van der Waals surface area contributed by atoms with Crippen LogP contribution in [0.1, 0.15) is 24.3 Å². The highest BCUT2D eigenvalue weighted by molar-refractivity contribution is 5.90. The van der Waals surface area contributed by atoms with E-state index in [-0.39, 0.29) is 25.3 Å². The largest absolute Gasteiger partial charge is 0.480 e. The number of benzene rings is 1. The lowest BCUT2D eigenvalue weighted by molar-refractivity contribution is -0.152. The Hall–Kier alpha value is -1.92. The van der Waals surface area contributed by atoms with Crippen molar-refractivity contribution in [3.05, 3.63) is 35.9 Å². The molecule has 1 amide bonds. The van der Waals surface area contributed by atoms with Crippen molar-refractivity contribution >= 4 is 11.9 Å². The molecule has 6 nitrogen and oxygen atoms in total. The minimum Gasteiger partial charge on any atom is -0.480 e. The van der Waals surface area contributed by atoms with Crippen molar-refractivity contribution in [1.82, 2.24) is 5.32 Å². The van der Waals surface area contributed by atoms with Crippen LogP contribution in [0, 0.1) is 0 Å². The third-order valence-corrected chi connectivity index (χ3v) is 3.87. The fraction of sp³-hybridized carbons (Fsp3) is 0.467. The van der Waals surface area contributed by atoms with Gasteiger partial charge >= 0.3 is 5.97 Å². The van der Waals surface area contributed by atoms with Gasteiger partial charge in [0.1, 0.15) is 5.54 Å². The number of aliphatic carboxylic acids is 1. The lowest BCUT2D eigenvalue weighted by Crippen LogP contribution is -2.58. The van der Waals surface area contributed by atoms with Crippen LogP contribution in [0.2, 0.25) is 0 Å². The van der Waals surface area contributed by atoms with Crippen LogP contribution in [0.5, 0.6) is 0 Å². The standard InChI is InChI=1S/C15H20N2O4/c16-10-12(11-4-2-1-3-5-11)13(18)17-15(14(19)20)6-8-21-9-7-15/h1-5,12H,6-10,16H2,(H,17,18)(H,19,20). The number of nitrogens with one attached hydrogen (secondary N) is 1. The third-order valence-electron chi connectivity index (χ3n) is 3.87. The van der Waals surface area contributed by atoms with Crippen molar-refractivity contribution in [3.8, 4) is 0 Å². The molecule has 1 unspecified atom stereocenters. The number of hydrogen-bond acceptors (Lipinski definition) is 4.